The first-order chi connectivity index (χ1) is 11.2. The second kappa shape index (κ2) is 7.37. The van der Waals surface area contributed by atoms with E-state index in [-0.39, 0.29) is 17.9 Å². The van der Waals surface area contributed by atoms with Gasteiger partial charge in [-0.05, 0) is 36.5 Å². The molecule has 0 bridgehead atoms. The van der Waals surface area contributed by atoms with Gasteiger partial charge in [0.05, 0.1) is 0 Å². The van der Waals surface area contributed by atoms with Crippen LogP contribution < -0.4 is 10.6 Å². The molecule has 1 aliphatic rings. The van der Waals surface area contributed by atoms with Gasteiger partial charge in [-0.3, -0.25) is 9.59 Å². The van der Waals surface area contributed by atoms with Gasteiger partial charge in [-0.25, -0.2) is 0 Å². The summed E-state index contributed by atoms with van der Waals surface area (Å²) in [7, 11) is 0. The largest absolute Gasteiger partial charge is 0.349 e. The predicted molar refractivity (Wildman–Crippen MR) is 98.0 cm³/mol. The van der Waals surface area contributed by atoms with Crippen molar-refractivity contribution in [2.45, 2.75) is 59.9 Å². The fourth-order valence-electron chi connectivity index (χ4n) is 3.09. The van der Waals surface area contributed by atoms with Crippen LogP contribution in [0.5, 0.6) is 0 Å². The maximum Gasteiger partial charge on any atom is 0.251 e. The third-order valence-corrected chi connectivity index (χ3v) is 5.09. The first-order valence-electron chi connectivity index (χ1n) is 8.91. The highest BCUT2D eigenvalue weighted by Gasteiger charge is 2.28. The number of hydrogen-bond acceptors (Lipinski definition) is 2. The standard InChI is InChI=1S/C20H30N2O2/c1-13-8-6-11-17(14(13)2)22-18(23)15-9-7-10-16(12-15)21-19(24)20(3,4)5/h7,9-10,12-14,17H,6,8,11H2,1-5H3,(H,21,24)(H,22,23). The molecule has 132 valence electrons. The van der Waals surface area contributed by atoms with Gasteiger partial charge < -0.3 is 10.6 Å². The molecular formula is C20H30N2O2. The number of hydrogen-bond donors (Lipinski definition) is 2. The zero-order valence-corrected chi connectivity index (χ0v) is 15.5. The van der Waals surface area contributed by atoms with Crippen LogP contribution >= 0.6 is 0 Å². The summed E-state index contributed by atoms with van der Waals surface area (Å²) >= 11 is 0. The molecule has 1 aliphatic carbocycles. The first-order valence-corrected chi connectivity index (χ1v) is 8.91. The Morgan fingerprint density at radius 3 is 2.50 bits per heavy atom. The lowest BCUT2D eigenvalue weighted by Crippen LogP contribution is -2.43. The molecule has 0 aromatic heterocycles. The molecule has 3 unspecified atom stereocenters. The Morgan fingerprint density at radius 1 is 1.12 bits per heavy atom. The van der Waals surface area contributed by atoms with E-state index < -0.39 is 5.41 Å². The van der Waals surface area contributed by atoms with Crippen LogP contribution in [0.4, 0.5) is 5.69 Å². The molecule has 1 fully saturated rings. The molecule has 4 nitrogen and oxygen atoms in total. The Balaban J connectivity index is 2.05. The van der Waals surface area contributed by atoms with E-state index in [1.807, 2.05) is 26.8 Å². The Bertz CT molecular complexity index is 604. The molecule has 2 rings (SSSR count). The van der Waals surface area contributed by atoms with Gasteiger partial charge in [0.25, 0.3) is 5.91 Å². The molecule has 1 saturated carbocycles. The molecule has 2 N–H and O–H groups in total. The lowest BCUT2D eigenvalue weighted by molar-refractivity contribution is -0.123. The average Bonchev–Trinajstić information content (AvgIpc) is 2.51. The Labute approximate surface area is 145 Å². The van der Waals surface area contributed by atoms with Gasteiger partial charge in [-0.15, -0.1) is 0 Å². The lowest BCUT2D eigenvalue weighted by Gasteiger charge is -2.34. The number of benzene rings is 1. The van der Waals surface area contributed by atoms with Crippen LogP contribution in [0, 0.1) is 17.3 Å². The van der Waals surface area contributed by atoms with Gasteiger partial charge >= 0.3 is 0 Å². The molecule has 1 aromatic rings. The van der Waals surface area contributed by atoms with Crippen molar-refractivity contribution in [2.75, 3.05) is 5.32 Å². The summed E-state index contributed by atoms with van der Waals surface area (Å²) in [5, 5.41) is 6.05. The normalized spacial score (nSPS) is 24.3. The molecule has 3 atom stereocenters. The van der Waals surface area contributed by atoms with E-state index in [1.165, 1.54) is 6.42 Å². The summed E-state index contributed by atoms with van der Waals surface area (Å²) in [6.07, 6.45) is 3.44. The van der Waals surface area contributed by atoms with Crippen molar-refractivity contribution in [1.29, 1.82) is 0 Å². The van der Waals surface area contributed by atoms with Crippen LogP contribution in [0.25, 0.3) is 0 Å². The maximum absolute atomic E-state index is 12.6. The molecule has 0 saturated heterocycles. The lowest BCUT2D eigenvalue weighted by atomic mass is 9.78. The van der Waals surface area contributed by atoms with E-state index in [2.05, 4.69) is 24.5 Å². The zero-order valence-electron chi connectivity index (χ0n) is 15.5. The molecule has 1 aromatic carbocycles. The third kappa shape index (κ3) is 4.59. The molecular weight excluding hydrogens is 300 g/mol. The summed E-state index contributed by atoms with van der Waals surface area (Å²) in [4.78, 5) is 24.7. The summed E-state index contributed by atoms with van der Waals surface area (Å²) < 4.78 is 0. The first kappa shape index (κ1) is 18.5. The van der Waals surface area contributed by atoms with Gasteiger partial charge in [0, 0.05) is 22.7 Å². The zero-order chi connectivity index (χ0) is 17.9. The van der Waals surface area contributed by atoms with E-state index >= 15 is 0 Å². The Kier molecular flexibility index (Phi) is 5.68. The minimum absolute atomic E-state index is 0.0604. The molecule has 2 amide bonds. The number of carbonyl (C=O) groups is 2. The SMILES string of the molecule is CC1CCCC(NC(=O)c2cccc(NC(=O)C(C)(C)C)c2)C1C. The molecule has 0 aliphatic heterocycles. The quantitative estimate of drug-likeness (QED) is 0.871. The number of anilines is 1. The second-order valence-corrected chi connectivity index (χ2v) is 8.13. The second-order valence-electron chi connectivity index (χ2n) is 8.13. The molecule has 24 heavy (non-hydrogen) atoms. The van der Waals surface area contributed by atoms with Crippen LogP contribution in [-0.2, 0) is 4.79 Å². The smallest absolute Gasteiger partial charge is 0.251 e. The van der Waals surface area contributed by atoms with Crippen LogP contribution in [-0.4, -0.2) is 17.9 Å². The van der Waals surface area contributed by atoms with Gasteiger partial charge in [-0.2, -0.15) is 0 Å². The van der Waals surface area contributed by atoms with E-state index in [9.17, 15) is 9.59 Å². The third-order valence-electron chi connectivity index (χ3n) is 5.09. The van der Waals surface area contributed by atoms with E-state index in [0.717, 1.165) is 12.8 Å². The Hall–Kier alpha value is -1.84. The number of amides is 2. The fraction of sp³-hybridized carbons (Fsp3) is 0.600. The van der Waals surface area contributed by atoms with Crippen LogP contribution in [0.1, 0.15) is 64.2 Å². The molecule has 0 heterocycles. The van der Waals surface area contributed by atoms with Gasteiger partial charge in [0.2, 0.25) is 5.91 Å². The fourth-order valence-corrected chi connectivity index (χ4v) is 3.09. The highest BCUT2D eigenvalue weighted by molar-refractivity contribution is 5.98. The average molecular weight is 330 g/mol. The maximum atomic E-state index is 12.6. The number of nitrogens with one attached hydrogen (secondary N) is 2. The van der Waals surface area contributed by atoms with Crippen LogP contribution in [0.15, 0.2) is 24.3 Å². The summed E-state index contributed by atoms with van der Waals surface area (Å²) in [6.45, 7) is 10.1. The highest BCUT2D eigenvalue weighted by Crippen LogP contribution is 2.29. The van der Waals surface area contributed by atoms with Crippen molar-refractivity contribution >= 4 is 17.5 Å². The summed E-state index contributed by atoms with van der Waals surface area (Å²) in [5.74, 6) is 1.01. The van der Waals surface area contributed by atoms with E-state index in [0.29, 0.717) is 23.1 Å². The highest BCUT2D eigenvalue weighted by atomic mass is 16.2. The minimum Gasteiger partial charge on any atom is -0.349 e. The molecule has 0 spiro atoms. The van der Waals surface area contributed by atoms with Crippen molar-refractivity contribution in [3.05, 3.63) is 29.8 Å². The molecule has 0 radical (unpaired) electrons. The van der Waals surface area contributed by atoms with Crippen molar-refractivity contribution in [3.8, 4) is 0 Å². The summed E-state index contributed by atoms with van der Waals surface area (Å²) in [6, 6.07) is 7.38. The van der Waals surface area contributed by atoms with Crippen molar-refractivity contribution in [1.82, 2.24) is 5.32 Å². The number of carbonyl (C=O) groups excluding carboxylic acids is 2. The van der Waals surface area contributed by atoms with Gasteiger partial charge in [0.15, 0.2) is 0 Å². The predicted octanol–water partition coefficient (Wildman–Crippen LogP) is 4.23. The Morgan fingerprint density at radius 2 is 1.83 bits per heavy atom. The summed E-state index contributed by atoms with van der Waals surface area (Å²) in [5.41, 5.74) is 0.783. The number of rotatable bonds is 3. The van der Waals surface area contributed by atoms with Gasteiger partial charge in [-0.1, -0.05) is 53.5 Å². The van der Waals surface area contributed by atoms with E-state index in [1.54, 1.807) is 18.2 Å². The van der Waals surface area contributed by atoms with E-state index in [4.69, 9.17) is 0 Å². The topological polar surface area (TPSA) is 58.2 Å². The molecule has 4 heteroatoms. The monoisotopic (exact) mass is 330 g/mol. The van der Waals surface area contributed by atoms with Crippen LogP contribution in [0.2, 0.25) is 0 Å². The minimum atomic E-state index is -0.466. The van der Waals surface area contributed by atoms with Crippen molar-refractivity contribution in [2.24, 2.45) is 17.3 Å². The van der Waals surface area contributed by atoms with Crippen molar-refractivity contribution < 1.29 is 9.59 Å². The van der Waals surface area contributed by atoms with Crippen LogP contribution in [0.3, 0.4) is 0 Å². The van der Waals surface area contributed by atoms with Crippen molar-refractivity contribution in [3.63, 3.8) is 0 Å². The van der Waals surface area contributed by atoms with Gasteiger partial charge in [0.1, 0.15) is 0 Å².